The van der Waals surface area contributed by atoms with Gasteiger partial charge < -0.3 is 11.1 Å². The van der Waals surface area contributed by atoms with Crippen molar-refractivity contribution in [2.24, 2.45) is 5.73 Å². The summed E-state index contributed by atoms with van der Waals surface area (Å²) in [4.78, 5) is 14.6. The molecule has 1 rings (SSSR count). The molecule has 0 aliphatic carbocycles. The monoisotopic (exact) mass is 243 g/mol. The summed E-state index contributed by atoms with van der Waals surface area (Å²) in [5.74, 6) is 0.283. The van der Waals surface area contributed by atoms with Gasteiger partial charge in [-0.2, -0.15) is 0 Å². The second-order valence-corrected chi connectivity index (χ2v) is 3.55. The summed E-state index contributed by atoms with van der Waals surface area (Å²) in [6.45, 7) is 2.01. The van der Waals surface area contributed by atoms with Crippen LogP contribution in [-0.2, 0) is 4.79 Å². The van der Waals surface area contributed by atoms with Gasteiger partial charge in [0.05, 0.1) is 6.54 Å². The Morgan fingerprint density at radius 3 is 3.00 bits per heavy atom. The summed E-state index contributed by atoms with van der Waals surface area (Å²) in [6, 6.07) is 1.91. The highest BCUT2D eigenvalue weighted by atomic mass is 79.9. The molecule has 0 saturated heterocycles. The number of hydrogen-bond donors (Lipinski definition) is 2. The maximum Gasteiger partial charge on any atom is 0.236 e. The number of carbonyl (C=O) groups excluding carboxylic acids is 1. The third-order valence-corrected chi connectivity index (χ3v) is 1.91. The normalized spacial score (nSPS) is 9.69. The van der Waals surface area contributed by atoms with Crippen LogP contribution < -0.4 is 11.1 Å². The summed E-state index contributed by atoms with van der Waals surface area (Å²) < 4.78 is 0.912. The van der Waals surface area contributed by atoms with Crippen LogP contribution in [-0.4, -0.2) is 17.4 Å². The minimum absolute atomic E-state index is 0.107. The summed E-state index contributed by atoms with van der Waals surface area (Å²) in [5.41, 5.74) is 5.95. The van der Waals surface area contributed by atoms with Crippen LogP contribution in [0.4, 0.5) is 5.82 Å². The standard InChI is InChI=1S/C8H10BrN3O/c1-5-2-6(9)3-11-8(5)12-4-7(10)13/h2-3H,4H2,1H3,(H2,10,13)(H,11,12). The first kappa shape index (κ1) is 9.98. The Hall–Kier alpha value is -1.10. The average molecular weight is 244 g/mol. The zero-order valence-corrected chi connectivity index (χ0v) is 8.76. The number of nitrogens with zero attached hydrogens (tertiary/aromatic N) is 1. The Bertz CT molecular complexity index is 327. The van der Waals surface area contributed by atoms with Gasteiger partial charge in [0.15, 0.2) is 0 Å². The van der Waals surface area contributed by atoms with E-state index in [2.05, 4.69) is 26.2 Å². The van der Waals surface area contributed by atoms with Gasteiger partial charge in [-0.05, 0) is 34.5 Å². The molecule has 1 aromatic heterocycles. The Labute approximate surface area is 84.7 Å². The lowest BCUT2D eigenvalue weighted by Crippen LogP contribution is -2.22. The predicted octanol–water partition coefficient (Wildman–Crippen LogP) is 1.05. The van der Waals surface area contributed by atoms with Gasteiger partial charge in [0, 0.05) is 10.7 Å². The van der Waals surface area contributed by atoms with Crippen molar-refractivity contribution in [1.82, 2.24) is 4.98 Å². The van der Waals surface area contributed by atoms with Gasteiger partial charge in [0.25, 0.3) is 0 Å². The number of pyridine rings is 1. The third kappa shape index (κ3) is 3.02. The van der Waals surface area contributed by atoms with Crippen molar-refractivity contribution < 1.29 is 4.79 Å². The van der Waals surface area contributed by atoms with Crippen LogP contribution in [0.15, 0.2) is 16.7 Å². The van der Waals surface area contributed by atoms with Gasteiger partial charge in [-0.1, -0.05) is 0 Å². The molecule has 0 atom stereocenters. The van der Waals surface area contributed by atoms with Gasteiger partial charge >= 0.3 is 0 Å². The molecule has 1 amide bonds. The molecule has 13 heavy (non-hydrogen) atoms. The minimum Gasteiger partial charge on any atom is -0.368 e. The number of anilines is 1. The van der Waals surface area contributed by atoms with E-state index >= 15 is 0 Å². The summed E-state index contributed by atoms with van der Waals surface area (Å²) in [5, 5.41) is 2.83. The highest BCUT2D eigenvalue weighted by Gasteiger charge is 2.00. The Morgan fingerprint density at radius 1 is 1.77 bits per heavy atom. The molecule has 70 valence electrons. The zero-order valence-electron chi connectivity index (χ0n) is 7.17. The van der Waals surface area contributed by atoms with Crippen LogP contribution in [0.25, 0.3) is 0 Å². The fourth-order valence-electron chi connectivity index (χ4n) is 0.896. The first-order valence-electron chi connectivity index (χ1n) is 3.74. The quantitative estimate of drug-likeness (QED) is 0.834. The second-order valence-electron chi connectivity index (χ2n) is 2.64. The summed E-state index contributed by atoms with van der Waals surface area (Å²) >= 11 is 3.29. The fraction of sp³-hybridized carbons (Fsp3) is 0.250. The van der Waals surface area contributed by atoms with E-state index in [9.17, 15) is 4.79 Å². The fourth-order valence-corrected chi connectivity index (χ4v) is 1.34. The number of amides is 1. The van der Waals surface area contributed by atoms with E-state index in [-0.39, 0.29) is 6.54 Å². The lowest BCUT2D eigenvalue weighted by molar-refractivity contribution is -0.116. The third-order valence-electron chi connectivity index (χ3n) is 1.47. The van der Waals surface area contributed by atoms with Crippen LogP contribution in [0.5, 0.6) is 0 Å². The molecule has 1 heterocycles. The summed E-state index contributed by atoms with van der Waals surface area (Å²) in [7, 11) is 0. The van der Waals surface area contributed by atoms with E-state index in [1.54, 1.807) is 6.20 Å². The van der Waals surface area contributed by atoms with Crippen LogP contribution in [0.1, 0.15) is 5.56 Å². The van der Waals surface area contributed by atoms with Crippen LogP contribution in [0, 0.1) is 6.92 Å². The van der Waals surface area contributed by atoms with Crippen molar-refractivity contribution in [2.45, 2.75) is 6.92 Å². The number of carbonyl (C=O) groups is 1. The topological polar surface area (TPSA) is 68.0 Å². The Balaban J connectivity index is 2.72. The molecule has 4 nitrogen and oxygen atoms in total. The molecule has 0 aliphatic rings. The number of aromatic nitrogens is 1. The molecular weight excluding hydrogens is 234 g/mol. The smallest absolute Gasteiger partial charge is 0.236 e. The van der Waals surface area contributed by atoms with Crippen molar-refractivity contribution in [3.8, 4) is 0 Å². The van der Waals surface area contributed by atoms with E-state index in [1.165, 1.54) is 0 Å². The zero-order chi connectivity index (χ0) is 9.84. The number of nitrogens with one attached hydrogen (secondary N) is 1. The van der Waals surface area contributed by atoms with E-state index in [0.29, 0.717) is 5.82 Å². The molecule has 0 radical (unpaired) electrons. The molecule has 0 aliphatic heterocycles. The molecule has 3 N–H and O–H groups in total. The van der Waals surface area contributed by atoms with Gasteiger partial charge in [-0.3, -0.25) is 4.79 Å². The number of hydrogen-bond acceptors (Lipinski definition) is 3. The molecule has 0 fully saturated rings. The number of primary amides is 1. The molecule has 0 unspecified atom stereocenters. The Kier molecular flexibility index (Phi) is 3.25. The Morgan fingerprint density at radius 2 is 2.46 bits per heavy atom. The van der Waals surface area contributed by atoms with Gasteiger partial charge in [0.2, 0.25) is 5.91 Å². The average Bonchev–Trinajstić information content (AvgIpc) is 2.02. The molecule has 0 bridgehead atoms. The van der Waals surface area contributed by atoms with E-state index in [4.69, 9.17) is 5.73 Å². The van der Waals surface area contributed by atoms with Gasteiger partial charge in [-0.25, -0.2) is 4.98 Å². The number of halogens is 1. The van der Waals surface area contributed by atoms with Crippen molar-refractivity contribution >= 4 is 27.7 Å². The second kappa shape index (κ2) is 4.23. The number of rotatable bonds is 3. The lowest BCUT2D eigenvalue weighted by Gasteiger charge is -2.05. The summed E-state index contributed by atoms with van der Waals surface area (Å²) in [6.07, 6.45) is 1.66. The molecular formula is C8H10BrN3O. The van der Waals surface area contributed by atoms with Crippen LogP contribution in [0.3, 0.4) is 0 Å². The first-order valence-corrected chi connectivity index (χ1v) is 4.53. The number of aryl methyl sites for hydroxylation is 1. The van der Waals surface area contributed by atoms with E-state index in [0.717, 1.165) is 10.0 Å². The van der Waals surface area contributed by atoms with Crippen molar-refractivity contribution in [2.75, 3.05) is 11.9 Å². The molecule has 0 aromatic carbocycles. The minimum atomic E-state index is -0.399. The largest absolute Gasteiger partial charge is 0.368 e. The van der Waals surface area contributed by atoms with Crippen molar-refractivity contribution in [3.05, 3.63) is 22.3 Å². The lowest BCUT2D eigenvalue weighted by atomic mass is 10.3. The van der Waals surface area contributed by atoms with Crippen molar-refractivity contribution in [3.63, 3.8) is 0 Å². The highest BCUT2D eigenvalue weighted by molar-refractivity contribution is 9.10. The number of nitrogens with two attached hydrogens (primary N) is 1. The van der Waals surface area contributed by atoms with E-state index < -0.39 is 5.91 Å². The molecule has 0 saturated carbocycles. The highest BCUT2D eigenvalue weighted by Crippen LogP contribution is 2.16. The van der Waals surface area contributed by atoms with Crippen LogP contribution >= 0.6 is 15.9 Å². The molecule has 5 heteroatoms. The molecule has 0 spiro atoms. The maximum absolute atomic E-state index is 10.5. The molecule has 1 aromatic rings. The first-order chi connectivity index (χ1) is 6.09. The van der Waals surface area contributed by atoms with Crippen LogP contribution in [0.2, 0.25) is 0 Å². The van der Waals surface area contributed by atoms with Crippen molar-refractivity contribution in [1.29, 1.82) is 0 Å². The van der Waals surface area contributed by atoms with Gasteiger partial charge in [0.1, 0.15) is 5.82 Å². The van der Waals surface area contributed by atoms with Gasteiger partial charge in [-0.15, -0.1) is 0 Å². The predicted molar refractivity (Wildman–Crippen MR) is 54.4 cm³/mol. The maximum atomic E-state index is 10.5. The SMILES string of the molecule is Cc1cc(Br)cnc1NCC(N)=O. The van der Waals surface area contributed by atoms with E-state index in [1.807, 2.05) is 13.0 Å².